The van der Waals surface area contributed by atoms with Crippen molar-refractivity contribution < 1.29 is 18.8 Å². The molecule has 0 radical (unpaired) electrons. The Morgan fingerprint density at radius 1 is 0.941 bits per heavy atom. The van der Waals surface area contributed by atoms with E-state index in [-0.39, 0.29) is 13.1 Å². The van der Waals surface area contributed by atoms with Gasteiger partial charge >= 0.3 is 6.03 Å². The molecule has 1 aromatic heterocycles. The Morgan fingerprint density at radius 2 is 1.68 bits per heavy atom. The summed E-state index contributed by atoms with van der Waals surface area (Å²) in [4.78, 5) is 42.1. The molecule has 3 aromatic carbocycles. The van der Waals surface area contributed by atoms with Crippen molar-refractivity contribution in [3.8, 4) is 0 Å². The highest BCUT2D eigenvalue weighted by Crippen LogP contribution is 2.31. The number of amides is 4. The number of imide groups is 1. The van der Waals surface area contributed by atoms with Crippen molar-refractivity contribution in [1.29, 1.82) is 0 Å². The highest BCUT2D eigenvalue weighted by Gasteiger charge is 2.49. The Bertz CT molecular complexity index is 1370. The van der Waals surface area contributed by atoms with E-state index in [2.05, 4.69) is 5.32 Å². The summed E-state index contributed by atoms with van der Waals surface area (Å²) in [6.07, 6.45) is 1.54. The Kier molecular flexibility index (Phi) is 5.37. The molecule has 0 bridgehead atoms. The molecule has 5 rings (SSSR count). The average molecular weight is 453 g/mol. The Hall–Kier alpha value is -4.39. The number of fused-ring (bicyclic) bond motifs is 1. The van der Waals surface area contributed by atoms with Crippen LogP contribution in [-0.4, -0.2) is 29.3 Å². The van der Waals surface area contributed by atoms with Crippen molar-refractivity contribution in [3.05, 3.63) is 103 Å². The molecule has 1 N–H and O–H groups in total. The summed E-state index contributed by atoms with van der Waals surface area (Å²) in [6, 6.07) is 25.5. The van der Waals surface area contributed by atoms with E-state index in [9.17, 15) is 14.4 Å². The number of hydrogen-bond donors (Lipinski definition) is 1. The van der Waals surface area contributed by atoms with Crippen LogP contribution in [0.15, 0.2) is 95.6 Å². The van der Waals surface area contributed by atoms with Crippen molar-refractivity contribution in [3.63, 3.8) is 0 Å². The summed E-state index contributed by atoms with van der Waals surface area (Å²) < 4.78 is 5.42. The number of nitrogens with one attached hydrogen (secondary N) is 1. The number of carbonyl (C=O) groups excluding carboxylic acids is 3. The second-order valence-electron chi connectivity index (χ2n) is 8.40. The molecule has 0 aliphatic carbocycles. The van der Waals surface area contributed by atoms with Crippen LogP contribution in [0.1, 0.15) is 18.2 Å². The van der Waals surface area contributed by atoms with Gasteiger partial charge in [-0.25, -0.2) is 4.79 Å². The second-order valence-corrected chi connectivity index (χ2v) is 8.40. The highest BCUT2D eigenvalue weighted by atomic mass is 16.3. The summed E-state index contributed by atoms with van der Waals surface area (Å²) in [5.74, 6) is -0.267. The van der Waals surface area contributed by atoms with Crippen molar-refractivity contribution in [1.82, 2.24) is 10.2 Å². The maximum absolute atomic E-state index is 13.4. The van der Waals surface area contributed by atoms with E-state index < -0.39 is 23.4 Å². The fourth-order valence-electron chi connectivity index (χ4n) is 4.25. The lowest BCUT2D eigenvalue weighted by Gasteiger charge is -2.25. The van der Waals surface area contributed by atoms with Crippen molar-refractivity contribution in [2.45, 2.75) is 19.0 Å². The quantitative estimate of drug-likeness (QED) is 0.438. The number of rotatable bonds is 6. The third kappa shape index (κ3) is 3.81. The van der Waals surface area contributed by atoms with Gasteiger partial charge in [-0.15, -0.1) is 0 Å². The summed E-state index contributed by atoms with van der Waals surface area (Å²) in [5, 5.41) is 4.79. The first-order chi connectivity index (χ1) is 16.5. The van der Waals surface area contributed by atoms with Crippen LogP contribution in [-0.2, 0) is 21.7 Å². The minimum atomic E-state index is -1.26. The van der Waals surface area contributed by atoms with Crippen LogP contribution in [0.25, 0.3) is 10.8 Å². The predicted octanol–water partition coefficient (Wildman–Crippen LogP) is 4.43. The van der Waals surface area contributed by atoms with Crippen LogP contribution in [0.3, 0.4) is 0 Å². The number of nitrogens with zero attached hydrogens (tertiary/aromatic N) is 2. The van der Waals surface area contributed by atoms with E-state index in [1.54, 1.807) is 31.2 Å². The molecule has 7 nitrogen and oxygen atoms in total. The molecule has 1 atom stereocenters. The zero-order chi connectivity index (χ0) is 23.7. The van der Waals surface area contributed by atoms with Crippen LogP contribution < -0.4 is 10.2 Å². The first-order valence-corrected chi connectivity index (χ1v) is 11.0. The molecule has 1 fully saturated rings. The average Bonchev–Trinajstić information content (AvgIpc) is 3.45. The zero-order valence-corrected chi connectivity index (χ0v) is 18.6. The summed E-state index contributed by atoms with van der Waals surface area (Å²) in [5.41, 5.74) is 0.0447. The smallest absolute Gasteiger partial charge is 0.325 e. The molecule has 34 heavy (non-hydrogen) atoms. The zero-order valence-electron chi connectivity index (χ0n) is 18.6. The molecule has 1 unspecified atom stereocenters. The summed E-state index contributed by atoms with van der Waals surface area (Å²) in [6.45, 7) is 1.46. The van der Waals surface area contributed by atoms with Crippen molar-refractivity contribution in [2.24, 2.45) is 0 Å². The van der Waals surface area contributed by atoms with E-state index in [4.69, 9.17) is 4.42 Å². The molecule has 4 amide bonds. The number of urea groups is 1. The van der Waals surface area contributed by atoms with Crippen LogP contribution in [0.2, 0.25) is 0 Å². The maximum Gasteiger partial charge on any atom is 0.325 e. The number of anilines is 1. The van der Waals surface area contributed by atoms with E-state index >= 15 is 0 Å². The Morgan fingerprint density at radius 3 is 2.41 bits per heavy atom. The molecular formula is C27H23N3O4. The molecule has 7 heteroatoms. The van der Waals surface area contributed by atoms with Gasteiger partial charge in [-0.1, -0.05) is 54.6 Å². The van der Waals surface area contributed by atoms with Gasteiger partial charge in [0.1, 0.15) is 17.8 Å². The summed E-state index contributed by atoms with van der Waals surface area (Å²) >= 11 is 0. The minimum absolute atomic E-state index is 0.182. The van der Waals surface area contributed by atoms with Crippen molar-refractivity contribution >= 4 is 34.3 Å². The summed E-state index contributed by atoms with van der Waals surface area (Å²) in [7, 11) is 0. The molecule has 1 aliphatic rings. The molecule has 1 saturated heterocycles. The van der Waals surface area contributed by atoms with Crippen LogP contribution >= 0.6 is 0 Å². The lowest BCUT2D eigenvalue weighted by molar-refractivity contribution is -0.134. The first kappa shape index (κ1) is 21.5. The van der Waals surface area contributed by atoms with Gasteiger partial charge in [0.15, 0.2) is 0 Å². The lowest BCUT2D eigenvalue weighted by Crippen LogP contribution is -2.44. The van der Waals surface area contributed by atoms with Gasteiger partial charge in [0.25, 0.3) is 5.91 Å². The molecule has 2 heterocycles. The molecular weight excluding hydrogens is 430 g/mol. The van der Waals surface area contributed by atoms with Gasteiger partial charge in [0.2, 0.25) is 5.91 Å². The predicted molar refractivity (Wildman–Crippen MR) is 128 cm³/mol. The number of benzene rings is 3. The van der Waals surface area contributed by atoms with Gasteiger partial charge < -0.3 is 14.6 Å². The second kappa shape index (κ2) is 8.51. The van der Waals surface area contributed by atoms with Crippen LogP contribution in [0.4, 0.5) is 10.5 Å². The van der Waals surface area contributed by atoms with Crippen LogP contribution in [0, 0.1) is 0 Å². The number of carbonyl (C=O) groups is 3. The standard InChI is InChI=1S/C27H23N3O4/c1-27(21-14-13-19-8-5-6-9-20(19)16-21)25(32)30(26(33)28-27)18-24(31)29(17-23-12-7-15-34-23)22-10-3-2-4-11-22/h2-16H,17-18H2,1H3,(H,28,33). The third-order valence-electron chi connectivity index (χ3n) is 6.16. The minimum Gasteiger partial charge on any atom is -0.467 e. The Balaban J connectivity index is 1.41. The van der Waals surface area contributed by atoms with E-state index in [0.29, 0.717) is 17.0 Å². The van der Waals surface area contributed by atoms with Gasteiger partial charge in [-0.2, -0.15) is 0 Å². The van der Waals surface area contributed by atoms with Gasteiger partial charge in [0, 0.05) is 5.69 Å². The normalized spacial score (nSPS) is 17.7. The number of furan rings is 1. The fraction of sp³-hybridized carbons (Fsp3) is 0.148. The van der Waals surface area contributed by atoms with E-state index in [1.807, 2.05) is 60.7 Å². The Labute approximate surface area is 196 Å². The SMILES string of the molecule is CC1(c2ccc3ccccc3c2)NC(=O)N(CC(=O)N(Cc2ccco2)c2ccccc2)C1=O. The molecule has 0 saturated carbocycles. The van der Waals surface area contributed by atoms with E-state index in [1.165, 1.54) is 11.2 Å². The largest absolute Gasteiger partial charge is 0.467 e. The topological polar surface area (TPSA) is 82.9 Å². The maximum atomic E-state index is 13.4. The van der Waals surface area contributed by atoms with Gasteiger partial charge in [-0.3, -0.25) is 14.5 Å². The highest BCUT2D eigenvalue weighted by molar-refractivity contribution is 6.10. The molecule has 170 valence electrons. The number of hydrogen-bond acceptors (Lipinski definition) is 4. The van der Waals surface area contributed by atoms with E-state index in [0.717, 1.165) is 15.7 Å². The molecule has 1 aliphatic heterocycles. The fourth-order valence-corrected chi connectivity index (χ4v) is 4.25. The van der Waals surface area contributed by atoms with Crippen molar-refractivity contribution in [2.75, 3.05) is 11.4 Å². The first-order valence-electron chi connectivity index (χ1n) is 11.0. The van der Waals surface area contributed by atoms with Crippen LogP contribution in [0.5, 0.6) is 0 Å². The molecule has 4 aromatic rings. The van der Waals surface area contributed by atoms with Gasteiger partial charge in [0.05, 0.1) is 12.8 Å². The molecule has 0 spiro atoms. The lowest BCUT2D eigenvalue weighted by atomic mass is 9.90. The monoisotopic (exact) mass is 453 g/mol. The number of para-hydroxylation sites is 1. The third-order valence-corrected chi connectivity index (χ3v) is 6.16. The van der Waals surface area contributed by atoms with Gasteiger partial charge in [-0.05, 0) is 53.6 Å².